The number of hydrogen-bond donors (Lipinski definition) is 0. The molecular formula is C18H20N4O. The summed E-state index contributed by atoms with van der Waals surface area (Å²) in [5.41, 5.74) is 0.603. The van der Waals surface area contributed by atoms with Gasteiger partial charge in [0.1, 0.15) is 5.82 Å². The standard InChI is InChI=1S/C18H20N4O/c1-14-12-21(16-6-2-3-9-20-16)13-18(14)7-10-22(17(18)23)15-5-4-8-19-11-15/h2-6,8-9,11,14H,7,10,12-13H2,1H3/t14-,18-/m0/s1. The van der Waals surface area contributed by atoms with E-state index in [1.54, 1.807) is 12.4 Å². The van der Waals surface area contributed by atoms with E-state index in [2.05, 4.69) is 21.8 Å². The van der Waals surface area contributed by atoms with Crippen molar-refractivity contribution in [3.05, 3.63) is 48.9 Å². The first-order valence-corrected chi connectivity index (χ1v) is 8.09. The minimum Gasteiger partial charge on any atom is -0.355 e. The molecule has 5 nitrogen and oxygen atoms in total. The molecule has 2 aliphatic rings. The smallest absolute Gasteiger partial charge is 0.235 e. The van der Waals surface area contributed by atoms with Crippen molar-refractivity contribution in [2.75, 3.05) is 29.4 Å². The van der Waals surface area contributed by atoms with E-state index >= 15 is 0 Å². The largest absolute Gasteiger partial charge is 0.355 e. The lowest BCUT2D eigenvalue weighted by atomic mass is 9.78. The van der Waals surface area contributed by atoms with Crippen molar-refractivity contribution < 1.29 is 4.79 Å². The molecule has 0 aliphatic carbocycles. The molecule has 0 radical (unpaired) electrons. The van der Waals surface area contributed by atoms with Crippen LogP contribution in [0.25, 0.3) is 0 Å². The van der Waals surface area contributed by atoms with Crippen molar-refractivity contribution in [3.8, 4) is 0 Å². The van der Waals surface area contributed by atoms with Gasteiger partial charge in [-0.05, 0) is 36.6 Å². The summed E-state index contributed by atoms with van der Waals surface area (Å²) in [6, 6.07) is 9.77. The van der Waals surface area contributed by atoms with Crippen molar-refractivity contribution in [1.29, 1.82) is 0 Å². The van der Waals surface area contributed by atoms with Crippen LogP contribution in [-0.4, -0.2) is 35.5 Å². The van der Waals surface area contributed by atoms with Gasteiger partial charge in [0, 0.05) is 32.0 Å². The fourth-order valence-corrected chi connectivity index (χ4v) is 3.93. The molecule has 0 saturated carbocycles. The molecule has 4 heterocycles. The predicted molar refractivity (Wildman–Crippen MR) is 89.3 cm³/mol. The second-order valence-electron chi connectivity index (χ2n) is 6.54. The van der Waals surface area contributed by atoms with Crippen LogP contribution in [0.2, 0.25) is 0 Å². The maximum atomic E-state index is 13.2. The van der Waals surface area contributed by atoms with Gasteiger partial charge in [-0.1, -0.05) is 13.0 Å². The van der Waals surface area contributed by atoms with Crippen LogP contribution in [0.4, 0.5) is 11.5 Å². The number of carbonyl (C=O) groups is 1. The fourth-order valence-electron chi connectivity index (χ4n) is 3.93. The fraction of sp³-hybridized carbons (Fsp3) is 0.389. The lowest BCUT2D eigenvalue weighted by Crippen LogP contribution is -2.39. The van der Waals surface area contributed by atoms with E-state index in [1.165, 1.54) is 0 Å². The zero-order valence-corrected chi connectivity index (χ0v) is 13.2. The Bertz CT molecular complexity index is 705. The zero-order valence-electron chi connectivity index (χ0n) is 13.2. The van der Waals surface area contributed by atoms with Crippen molar-refractivity contribution in [3.63, 3.8) is 0 Å². The van der Waals surface area contributed by atoms with Crippen LogP contribution in [0, 0.1) is 11.3 Å². The van der Waals surface area contributed by atoms with Gasteiger partial charge >= 0.3 is 0 Å². The Labute approximate surface area is 136 Å². The van der Waals surface area contributed by atoms with Gasteiger partial charge in [0.15, 0.2) is 0 Å². The average Bonchev–Trinajstić information content (AvgIpc) is 3.11. The highest BCUT2D eigenvalue weighted by Gasteiger charge is 2.55. The highest BCUT2D eigenvalue weighted by molar-refractivity contribution is 6.00. The van der Waals surface area contributed by atoms with Gasteiger partial charge in [0.2, 0.25) is 5.91 Å². The topological polar surface area (TPSA) is 49.3 Å². The van der Waals surface area contributed by atoms with E-state index in [4.69, 9.17) is 0 Å². The van der Waals surface area contributed by atoms with Crippen LogP contribution in [-0.2, 0) is 4.79 Å². The summed E-state index contributed by atoms with van der Waals surface area (Å²) in [5, 5.41) is 0. The molecule has 1 spiro atoms. The van der Waals surface area contributed by atoms with Gasteiger partial charge in [-0.3, -0.25) is 9.78 Å². The third-order valence-electron chi connectivity index (χ3n) is 5.29. The Hall–Kier alpha value is -2.43. The monoisotopic (exact) mass is 308 g/mol. The van der Waals surface area contributed by atoms with Crippen LogP contribution in [0.3, 0.4) is 0 Å². The van der Waals surface area contributed by atoms with Gasteiger partial charge in [0.05, 0.1) is 17.3 Å². The van der Waals surface area contributed by atoms with E-state index < -0.39 is 0 Å². The Balaban J connectivity index is 1.61. The molecule has 118 valence electrons. The average molecular weight is 308 g/mol. The number of rotatable bonds is 2. The molecule has 2 atom stereocenters. The van der Waals surface area contributed by atoms with Crippen LogP contribution >= 0.6 is 0 Å². The lowest BCUT2D eigenvalue weighted by molar-refractivity contribution is -0.126. The third-order valence-corrected chi connectivity index (χ3v) is 5.29. The molecule has 1 amide bonds. The first-order chi connectivity index (χ1) is 11.2. The molecule has 0 bridgehead atoms. The zero-order chi connectivity index (χ0) is 15.9. The summed E-state index contributed by atoms with van der Waals surface area (Å²) >= 11 is 0. The van der Waals surface area contributed by atoms with Crippen LogP contribution in [0.1, 0.15) is 13.3 Å². The Morgan fingerprint density at radius 2 is 2.13 bits per heavy atom. The van der Waals surface area contributed by atoms with E-state index in [9.17, 15) is 4.79 Å². The van der Waals surface area contributed by atoms with Crippen LogP contribution in [0.5, 0.6) is 0 Å². The molecule has 2 aromatic rings. The molecule has 2 aromatic heterocycles. The third kappa shape index (κ3) is 2.19. The van der Waals surface area contributed by atoms with E-state index in [0.717, 1.165) is 37.6 Å². The number of nitrogens with zero attached hydrogens (tertiary/aromatic N) is 4. The van der Waals surface area contributed by atoms with Gasteiger partial charge in [-0.25, -0.2) is 4.98 Å². The van der Waals surface area contributed by atoms with Crippen molar-refractivity contribution in [2.24, 2.45) is 11.3 Å². The number of pyridine rings is 2. The number of aromatic nitrogens is 2. The highest BCUT2D eigenvalue weighted by atomic mass is 16.2. The maximum absolute atomic E-state index is 13.2. The first-order valence-electron chi connectivity index (χ1n) is 8.09. The Morgan fingerprint density at radius 3 is 2.87 bits per heavy atom. The summed E-state index contributed by atoms with van der Waals surface area (Å²) in [6.07, 6.45) is 6.21. The van der Waals surface area contributed by atoms with E-state index in [1.807, 2.05) is 41.4 Å². The Kier molecular flexibility index (Phi) is 3.29. The molecule has 2 saturated heterocycles. The summed E-state index contributed by atoms with van der Waals surface area (Å²) in [6.45, 7) is 4.59. The predicted octanol–water partition coefficient (Wildman–Crippen LogP) is 2.36. The van der Waals surface area contributed by atoms with Gasteiger partial charge in [-0.15, -0.1) is 0 Å². The number of hydrogen-bond acceptors (Lipinski definition) is 4. The molecule has 5 heteroatoms. The molecular weight excluding hydrogens is 288 g/mol. The van der Waals surface area contributed by atoms with Crippen molar-refractivity contribution >= 4 is 17.4 Å². The minimum atomic E-state index is -0.298. The van der Waals surface area contributed by atoms with E-state index in [0.29, 0.717) is 5.92 Å². The Morgan fingerprint density at radius 1 is 1.22 bits per heavy atom. The van der Waals surface area contributed by atoms with Crippen LogP contribution < -0.4 is 9.80 Å². The summed E-state index contributed by atoms with van der Waals surface area (Å²) < 4.78 is 0. The molecule has 2 aliphatic heterocycles. The van der Waals surface area contributed by atoms with Gasteiger partial charge in [0.25, 0.3) is 0 Å². The molecule has 0 N–H and O–H groups in total. The molecule has 2 fully saturated rings. The van der Waals surface area contributed by atoms with Gasteiger partial charge in [-0.2, -0.15) is 0 Å². The first kappa shape index (κ1) is 14.2. The van der Waals surface area contributed by atoms with Crippen molar-refractivity contribution in [1.82, 2.24) is 9.97 Å². The van der Waals surface area contributed by atoms with E-state index in [-0.39, 0.29) is 11.3 Å². The second-order valence-corrected chi connectivity index (χ2v) is 6.54. The quantitative estimate of drug-likeness (QED) is 0.854. The minimum absolute atomic E-state index is 0.233. The summed E-state index contributed by atoms with van der Waals surface area (Å²) in [7, 11) is 0. The summed E-state index contributed by atoms with van der Waals surface area (Å²) in [5.74, 6) is 1.51. The second kappa shape index (κ2) is 5.33. The molecule has 0 aromatic carbocycles. The number of anilines is 2. The lowest BCUT2D eigenvalue weighted by Gasteiger charge is -2.26. The van der Waals surface area contributed by atoms with Crippen LogP contribution in [0.15, 0.2) is 48.9 Å². The number of carbonyl (C=O) groups excluding carboxylic acids is 1. The van der Waals surface area contributed by atoms with Gasteiger partial charge < -0.3 is 9.80 Å². The summed E-state index contributed by atoms with van der Waals surface area (Å²) in [4.78, 5) is 25.9. The molecule has 23 heavy (non-hydrogen) atoms. The SMILES string of the molecule is C[C@H]1CN(c2ccccn2)C[C@@]12CCN(c1cccnc1)C2=O. The molecule has 4 rings (SSSR count). The highest BCUT2D eigenvalue weighted by Crippen LogP contribution is 2.46. The normalized spacial score (nSPS) is 27.2. The number of amides is 1. The van der Waals surface area contributed by atoms with Crippen molar-refractivity contribution in [2.45, 2.75) is 13.3 Å². The molecule has 0 unspecified atom stereocenters. The maximum Gasteiger partial charge on any atom is 0.235 e.